The number of methoxy groups -OCH3 is 2. The first-order valence-electron chi connectivity index (χ1n) is 27.0. The van der Waals surface area contributed by atoms with Crippen molar-refractivity contribution in [2.45, 2.75) is 154 Å². The third-order valence-electron chi connectivity index (χ3n) is 14.7. The van der Waals surface area contributed by atoms with Crippen LogP contribution in [0.4, 0.5) is 16.2 Å². The van der Waals surface area contributed by atoms with Crippen LogP contribution in [0.1, 0.15) is 146 Å². The van der Waals surface area contributed by atoms with Crippen LogP contribution in [0.3, 0.4) is 0 Å². The highest BCUT2D eigenvalue weighted by atomic mass is 16.7. The molecule has 16 heteroatoms. The number of aliphatic hydroxyl groups excluding tert-OH is 2. The van der Waals surface area contributed by atoms with Crippen molar-refractivity contribution in [1.29, 1.82) is 0 Å². The minimum absolute atomic E-state index is 0.00587. The van der Waals surface area contributed by atoms with Crippen molar-refractivity contribution in [3.63, 3.8) is 0 Å². The summed E-state index contributed by atoms with van der Waals surface area (Å²) in [6.07, 6.45) is 18.8. The molecule has 3 aromatic rings. The van der Waals surface area contributed by atoms with Crippen molar-refractivity contribution in [1.82, 2.24) is 4.90 Å². The fraction of sp³-hybridized carbons (Fsp3) is 0.569. The molecule has 3 aromatic carbocycles. The number of allylic oxidation sites excluding steroid dienone is 1. The number of fused-ring (bicyclic) bond motifs is 2. The van der Waals surface area contributed by atoms with Gasteiger partial charge < -0.3 is 43.6 Å². The number of nitro groups is 1. The molecule has 2 amide bonds. The number of hydrogen-bond acceptors (Lipinski definition) is 13. The second-order valence-electron chi connectivity index (χ2n) is 19.7. The van der Waals surface area contributed by atoms with Crippen molar-refractivity contribution in [2.75, 3.05) is 45.9 Å². The molecule has 0 radical (unpaired) electrons. The first-order valence-corrected chi connectivity index (χ1v) is 27.0. The maximum absolute atomic E-state index is 14.9. The maximum atomic E-state index is 14.9. The van der Waals surface area contributed by atoms with Crippen molar-refractivity contribution in [3.8, 4) is 23.0 Å². The Kier molecular flexibility index (Phi) is 22.6. The van der Waals surface area contributed by atoms with Gasteiger partial charge in [0.1, 0.15) is 35.6 Å². The molecule has 1 fully saturated rings. The van der Waals surface area contributed by atoms with Gasteiger partial charge in [0.25, 0.3) is 5.69 Å². The van der Waals surface area contributed by atoms with E-state index in [1.807, 2.05) is 17.0 Å². The van der Waals surface area contributed by atoms with E-state index in [4.69, 9.17) is 33.7 Å². The lowest BCUT2D eigenvalue weighted by molar-refractivity contribution is -0.384. The summed E-state index contributed by atoms with van der Waals surface area (Å²) in [4.78, 5) is 47.8. The maximum Gasteiger partial charge on any atom is 0.417 e. The molecule has 404 valence electrons. The number of benzene rings is 3. The molecule has 16 nitrogen and oxygen atoms in total. The number of carbonyl (C=O) groups is 2. The minimum atomic E-state index is -1.45. The Labute approximate surface area is 437 Å². The van der Waals surface area contributed by atoms with Crippen LogP contribution < -0.4 is 24.3 Å². The normalized spacial score (nSPS) is 21.1. The molecule has 1 saturated carbocycles. The molecule has 1 heterocycles. The van der Waals surface area contributed by atoms with Crippen LogP contribution in [0.25, 0.3) is 0 Å². The van der Waals surface area contributed by atoms with E-state index in [1.54, 1.807) is 49.6 Å². The summed E-state index contributed by atoms with van der Waals surface area (Å²) < 4.78 is 31.5. The summed E-state index contributed by atoms with van der Waals surface area (Å²) in [5.74, 6) is -0.714. The summed E-state index contributed by atoms with van der Waals surface area (Å²) in [5, 5.41) is 39.3. The fourth-order valence-corrected chi connectivity index (χ4v) is 11.2. The van der Waals surface area contributed by atoms with Crippen LogP contribution in [0, 0.1) is 27.9 Å². The zero-order valence-electron chi connectivity index (χ0n) is 44.1. The van der Waals surface area contributed by atoms with Crippen LogP contribution >= 0.6 is 0 Å². The Morgan fingerprint density at radius 2 is 1.58 bits per heavy atom. The zero-order chi connectivity index (χ0) is 52.9. The van der Waals surface area contributed by atoms with Gasteiger partial charge >= 0.3 is 6.09 Å². The van der Waals surface area contributed by atoms with Gasteiger partial charge in [-0.15, -0.1) is 6.58 Å². The summed E-state index contributed by atoms with van der Waals surface area (Å²) in [7, 11) is 3.05. The van der Waals surface area contributed by atoms with E-state index in [-0.39, 0.29) is 67.9 Å². The lowest BCUT2D eigenvalue weighted by Gasteiger charge is -2.60. The van der Waals surface area contributed by atoms with Gasteiger partial charge in [0, 0.05) is 62.3 Å². The average Bonchev–Trinajstić information content (AvgIpc) is 3.40. The number of anilines is 1. The lowest BCUT2D eigenvalue weighted by atomic mass is 9.55. The number of hydrogen-bond donors (Lipinski definition) is 3. The molecule has 2 aliphatic carbocycles. The molecular formula is C58H80N4O12. The molecule has 3 N–H and O–H groups in total. The number of unbranched alkanes of at least 4 members (excludes halogenated alkanes) is 10. The third kappa shape index (κ3) is 14.7. The molecule has 0 aromatic heterocycles. The number of rotatable bonds is 32. The highest BCUT2D eigenvalue weighted by molar-refractivity contribution is 6.03. The van der Waals surface area contributed by atoms with E-state index in [2.05, 4.69) is 31.8 Å². The van der Waals surface area contributed by atoms with E-state index in [0.29, 0.717) is 66.4 Å². The van der Waals surface area contributed by atoms with Gasteiger partial charge in [-0.25, -0.2) is 4.79 Å². The van der Waals surface area contributed by atoms with E-state index >= 15 is 0 Å². The number of amides is 2. The third-order valence-corrected chi connectivity index (χ3v) is 14.7. The van der Waals surface area contributed by atoms with Gasteiger partial charge in [-0.1, -0.05) is 95.4 Å². The van der Waals surface area contributed by atoms with Gasteiger partial charge in [-0.05, 0) is 104 Å². The molecular weight excluding hydrogens is 945 g/mol. The zero-order valence-corrected chi connectivity index (χ0v) is 44.1. The Morgan fingerprint density at radius 1 is 0.878 bits per heavy atom. The van der Waals surface area contributed by atoms with Gasteiger partial charge in [-0.2, -0.15) is 0 Å². The molecule has 6 atom stereocenters. The van der Waals surface area contributed by atoms with E-state index in [1.165, 1.54) is 51.3 Å². The minimum Gasteiger partial charge on any atom is -0.497 e. The first-order chi connectivity index (χ1) is 36.0. The van der Waals surface area contributed by atoms with E-state index in [9.17, 15) is 29.9 Å². The number of nitrogens with one attached hydrogen (secondary N) is 1. The number of aliphatic hydroxyl groups is 2. The van der Waals surface area contributed by atoms with Crippen LogP contribution in [-0.2, 0) is 21.0 Å². The Hall–Kier alpha value is -5.97. The second-order valence-corrected chi connectivity index (χ2v) is 19.7. The first kappa shape index (κ1) is 57.3. The number of oxime groups is 1. The molecule has 0 bridgehead atoms. The number of non-ortho nitro benzene ring substituents is 1. The van der Waals surface area contributed by atoms with Crippen LogP contribution in [-0.4, -0.2) is 90.2 Å². The van der Waals surface area contributed by atoms with E-state index < -0.39 is 28.8 Å². The predicted octanol–water partition coefficient (Wildman–Crippen LogP) is 12.2. The smallest absolute Gasteiger partial charge is 0.417 e. The van der Waals surface area contributed by atoms with Crippen molar-refractivity contribution in [3.05, 3.63) is 106 Å². The van der Waals surface area contributed by atoms with Crippen molar-refractivity contribution >= 4 is 29.1 Å². The summed E-state index contributed by atoms with van der Waals surface area (Å²) in [5.41, 5.74) is 3.34. The number of nitro benzene ring substituents is 1. The quantitative estimate of drug-likeness (QED) is 0.0232. The number of ether oxygens (including phenoxy) is 5. The highest BCUT2D eigenvalue weighted by Gasteiger charge is 2.65. The Balaban J connectivity index is 1.47. The SMILES string of the molecule is C=CCOC12Oc3ccc(OC(=O)Nc4ccc(OC)cc4OC)cc3C3C(CCCCO)C(CCCCO)C=C(C(=NOCc4ccc([N+](=O)[O-])cc4)CC1N(CCC)C(=O)CCCCCCCCCCC)C32. The van der Waals surface area contributed by atoms with Gasteiger partial charge in [0.15, 0.2) is 0 Å². The predicted molar refractivity (Wildman–Crippen MR) is 286 cm³/mol. The van der Waals surface area contributed by atoms with Gasteiger partial charge in [-0.3, -0.25) is 20.2 Å². The summed E-state index contributed by atoms with van der Waals surface area (Å²) >= 11 is 0. The highest BCUT2D eigenvalue weighted by Crippen LogP contribution is 2.62. The van der Waals surface area contributed by atoms with Crippen LogP contribution in [0.5, 0.6) is 23.0 Å². The van der Waals surface area contributed by atoms with Gasteiger partial charge in [0.2, 0.25) is 11.7 Å². The Bertz CT molecular complexity index is 2360. The monoisotopic (exact) mass is 1020 g/mol. The standard InChI is InChI=1S/C58H80N4O12/c1-6-9-10-11-12-13-14-15-16-23-54(65)61(32-7-2)53-39-50(60-72-40-41-24-26-43(27-25-41)62(67)68)47-36-42(21-17-19-33-63)46(22-18-20-34-64)55-48-37-45(29-31-51(48)74-58(53,56(47)55)71-35-8-3)73-57(66)59-49-30-28-44(69-4)38-52(49)70-5/h8,24-31,36-38,42,46,53,55-56,63-64H,3,6-7,9-23,32-35,39-40H2,1-2,4-5H3,(H,59,66). The molecule has 1 aliphatic heterocycles. The molecule has 6 rings (SSSR count). The van der Waals surface area contributed by atoms with Crippen molar-refractivity contribution < 1.29 is 53.2 Å². The topological polar surface area (TPSA) is 201 Å². The number of nitrogens with zero attached hydrogens (tertiary/aromatic N) is 3. The number of carbonyl (C=O) groups excluding carboxylic acids is 2. The Morgan fingerprint density at radius 3 is 2.24 bits per heavy atom. The summed E-state index contributed by atoms with van der Waals surface area (Å²) in [6, 6.07) is 15.9. The summed E-state index contributed by atoms with van der Waals surface area (Å²) in [6.45, 7) is 9.02. The molecule has 6 unspecified atom stereocenters. The molecule has 74 heavy (non-hydrogen) atoms. The van der Waals surface area contributed by atoms with Crippen LogP contribution in [0.15, 0.2) is 90.1 Å². The molecule has 3 aliphatic rings. The van der Waals surface area contributed by atoms with E-state index in [0.717, 1.165) is 62.5 Å². The fourth-order valence-electron chi connectivity index (χ4n) is 11.2. The molecule has 0 spiro atoms. The second kappa shape index (κ2) is 29.2. The van der Waals surface area contributed by atoms with Crippen molar-refractivity contribution in [2.24, 2.45) is 22.9 Å². The van der Waals surface area contributed by atoms with Crippen LogP contribution in [0.2, 0.25) is 0 Å². The van der Waals surface area contributed by atoms with Gasteiger partial charge in [0.05, 0.1) is 43.1 Å². The largest absolute Gasteiger partial charge is 0.497 e. The lowest BCUT2D eigenvalue weighted by Crippen LogP contribution is -2.70. The molecule has 0 saturated heterocycles. The average molecular weight is 1030 g/mol.